The fraction of sp³-hybridized carbons (Fsp3) is 0.455. The Kier molecular flexibility index (Phi) is 3.83. The topological polar surface area (TPSA) is 100.0 Å². The van der Waals surface area contributed by atoms with E-state index < -0.39 is 0 Å². The monoisotopic (exact) mass is 249 g/mol. The smallest absolute Gasteiger partial charge is 0.280 e. The van der Waals surface area contributed by atoms with Crippen LogP contribution in [0.5, 0.6) is 0 Å². The number of anilines is 1. The molecule has 2 rings (SSSR count). The molecule has 0 aromatic carbocycles. The molecule has 2 aromatic heterocycles. The molecule has 1 unspecified atom stereocenters. The van der Waals surface area contributed by atoms with E-state index in [2.05, 4.69) is 27.0 Å². The zero-order valence-electron chi connectivity index (χ0n) is 10.3. The third kappa shape index (κ3) is 2.45. The van der Waals surface area contributed by atoms with Gasteiger partial charge in [-0.3, -0.25) is 0 Å². The first kappa shape index (κ1) is 12.4. The lowest BCUT2D eigenvalue weighted by Crippen LogP contribution is -2.03. The van der Waals surface area contributed by atoms with E-state index in [0.29, 0.717) is 11.5 Å². The van der Waals surface area contributed by atoms with Gasteiger partial charge in [0.05, 0.1) is 0 Å². The van der Waals surface area contributed by atoms with Crippen LogP contribution in [0.2, 0.25) is 0 Å². The summed E-state index contributed by atoms with van der Waals surface area (Å²) in [7, 11) is 1.62. The van der Waals surface area contributed by atoms with Gasteiger partial charge in [-0.1, -0.05) is 18.5 Å². The summed E-state index contributed by atoms with van der Waals surface area (Å²) in [5.74, 6) is 1.02. The van der Waals surface area contributed by atoms with Gasteiger partial charge in [-0.25, -0.2) is 9.97 Å². The minimum absolute atomic E-state index is 0.176. The molecule has 0 spiro atoms. The quantitative estimate of drug-likeness (QED) is 0.858. The van der Waals surface area contributed by atoms with Crippen LogP contribution in [-0.2, 0) is 4.74 Å². The second-order valence-electron chi connectivity index (χ2n) is 3.76. The summed E-state index contributed by atoms with van der Waals surface area (Å²) in [6.07, 6.45) is 4.65. The van der Waals surface area contributed by atoms with Crippen LogP contribution in [0.15, 0.2) is 16.9 Å². The van der Waals surface area contributed by atoms with Crippen molar-refractivity contribution in [1.82, 2.24) is 20.1 Å². The van der Waals surface area contributed by atoms with Gasteiger partial charge in [-0.2, -0.15) is 4.98 Å². The van der Waals surface area contributed by atoms with Crippen LogP contribution in [0.3, 0.4) is 0 Å². The molecule has 2 aromatic rings. The molecule has 0 radical (unpaired) electrons. The summed E-state index contributed by atoms with van der Waals surface area (Å²) in [6.45, 7) is 2.06. The van der Waals surface area contributed by atoms with Gasteiger partial charge >= 0.3 is 0 Å². The fourth-order valence-corrected chi connectivity index (χ4v) is 1.59. The Morgan fingerprint density at radius 3 is 2.83 bits per heavy atom. The zero-order chi connectivity index (χ0) is 13.0. The highest BCUT2D eigenvalue weighted by molar-refractivity contribution is 5.61. The molecule has 2 heterocycles. The molecule has 18 heavy (non-hydrogen) atoms. The van der Waals surface area contributed by atoms with Gasteiger partial charge in [0.1, 0.15) is 6.10 Å². The number of rotatable bonds is 5. The number of aromatic nitrogens is 4. The third-order valence-electron chi connectivity index (χ3n) is 2.49. The SMILES string of the molecule is CCCC(OC)c1noc(-c2nccnc2N)n1. The largest absolute Gasteiger partial charge is 0.382 e. The van der Waals surface area contributed by atoms with Crippen molar-refractivity contribution in [3.8, 4) is 11.6 Å². The van der Waals surface area contributed by atoms with Gasteiger partial charge in [0, 0.05) is 19.5 Å². The minimum Gasteiger partial charge on any atom is -0.382 e. The third-order valence-corrected chi connectivity index (χ3v) is 2.49. The summed E-state index contributed by atoms with van der Waals surface area (Å²) < 4.78 is 10.4. The molecule has 2 N–H and O–H groups in total. The van der Waals surface area contributed by atoms with Crippen LogP contribution in [0.4, 0.5) is 5.82 Å². The molecule has 96 valence electrons. The van der Waals surface area contributed by atoms with Crippen LogP contribution in [-0.4, -0.2) is 27.2 Å². The van der Waals surface area contributed by atoms with Crippen molar-refractivity contribution >= 4 is 5.82 Å². The van der Waals surface area contributed by atoms with Gasteiger partial charge < -0.3 is 15.0 Å². The molecule has 0 saturated carbocycles. The van der Waals surface area contributed by atoms with Gasteiger partial charge in [-0.15, -0.1) is 0 Å². The molecule has 0 bridgehead atoms. The Morgan fingerprint density at radius 2 is 2.17 bits per heavy atom. The number of methoxy groups -OCH3 is 1. The first-order chi connectivity index (χ1) is 8.76. The molecular weight excluding hydrogens is 234 g/mol. The van der Waals surface area contributed by atoms with Crippen molar-refractivity contribution in [3.63, 3.8) is 0 Å². The lowest BCUT2D eigenvalue weighted by molar-refractivity contribution is 0.0854. The van der Waals surface area contributed by atoms with E-state index in [1.807, 2.05) is 0 Å². The maximum atomic E-state index is 5.70. The highest BCUT2D eigenvalue weighted by Crippen LogP contribution is 2.24. The van der Waals surface area contributed by atoms with E-state index in [1.54, 1.807) is 7.11 Å². The second kappa shape index (κ2) is 5.54. The van der Waals surface area contributed by atoms with Gasteiger partial charge in [0.25, 0.3) is 5.89 Å². The number of nitrogens with zero attached hydrogens (tertiary/aromatic N) is 4. The fourth-order valence-electron chi connectivity index (χ4n) is 1.59. The molecule has 7 nitrogen and oxygen atoms in total. The van der Waals surface area contributed by atoms with Crippen molar-refractivity contribution in [2.24, 2.45) is 0 Å². The lowest BCUT2D eigenvalue weighted by Gasteiger charge is -2.08. The van der Waals surface area contributed by atoms with Crippen molar-refractivity contribution in [2.45, 2.75) is 25.9 Å². The molecule has 0 aliphatic heterocycles. The highest BCUT2D eigenvalue weighted by atomic mass is 16.5. The van der Waals surface area contributed by atoms with E-state index in [0.717, 1.165) is 12.8 Å². The summed E-state index contributed by atoms with van der Waals surface area (Å²) >= 11 is 0. The number of nitrogen functional groups attached to an aromatic ring is 1. The Hall–Kier alpha value is -2.02. The first-order valence-electron chi connectivity index (χ1n) is 5.69. The van der Waals surface area contributed by atoms with E-state index in [-0.39, 0.29) is 17.8 Å². The number of hydrogen-bond donors (Lipinski definition) is 1. The van der Waals surface area contributed by atoms with Gasteiger partial charge in [0.2, 0.25) is 5.82 Å². The average Bonchev–Trinajstić information content (AvgIpc) is 2.85. The Morgan fingerprint density at radius 1 is 1.39 bits per heavy atom. The Balaban J connectivity index is 2.28. The normalized spacial score (nSPS) is 12.6. The number of hydrogen-bond acceptors (Lipinski definition) is 7. The van der Waals surface area contributed by atoms with E-state index >= 15 is 0 Å². The molecule has 0 saturated heterocycles. The standard InChI is InChI=1S/C11H15N5O2/c1-3-4-7(17-2)10-15-11(18-16-10)8-9(12)14-6-5-13-8/h5-7H,3-4H2,1-2H3,(H2,12,14). The molecule has 0 fully saturated rings. The number of nitrogens with two attached hydrogens (primary N) is 1. The van der Waals surface area contributed by atoms with Crippen LogP contribution in [0.1, 0.15) is 31.7 Å². The lowest BCUT2D eigenvalue weighted by atomic mass is 10.2. The zero-order valence-corrected chi connectivity index (χ0v) is 10.3. The molecule has 1 atom stereocenters. The van der Waals surface area contributed by atoms with E-state index in [9.17, 15) is 0 Å². The van der Waals surface area contributed by atoms with Crippen LogP contribution >= 0.6 is 0 Å². The predicted octanol–water partition coefficient (Wildman–Crippen LogP) is 1.60. The predicted molar refractivity (Wildman–Crippen MR) is 64.4 cm³/mol. The summed E-state index contributed by atoms with van der Waals surface area (Å²) in [4.78, 5) is 12.2. The van der Waals surface area contributed by atoms with Gasteiger partial charge in [0.15, 0.2) is 11.5 Å². The average molecular weight is 249 g/mol. The molecule has 0 aliphatic rings. The van der Waals surface area contributed by atoms with E-state index in [4.69, 9.17) is 15.0 Å². The van der Waals surface area contributed by atoms with Crippen molar-refractivity contribution in [1.29, 1.82) is 0 Å². The number of ether oxygens (including phenoxy) is 1. The molecule has 7 heteroatoms. The molecule has 0 amide bonds. The van der Waals surface area contributed by atoms with Crippen molar-refractivity contribution < 1.29 is 9.26 Å². The second-order valence-corrected chi connectivity index (χ2v) is 3.76. The van der Waals surface area contributed by atoms with Gasteiger partial charge in [-0.05, 0) is 6.42 Å². The minimum atomic E-state index is -0.176. The van der Waals surface area contributed by atoms with Crippen molar-refractivity contribution in [3.05, 3.63) is 18.2 Å². The Labute approximate surface area is 104 Å². The molecular formula is C11H15N5O2. The van der Waals surface area contributed by atoms with Crippen LogP contribution < -0.4 is 5.73 Å². The first-order valence-corrected chi connectivity index (χ1v) is 5.69. The molecule has 0 aliphatic carbocycles. The summed E-state index contributed by atoms with van der Waals surface area (Å²) in [5.41, 5.74) is 6.09. The maximum Gasteiger partial charge on any atom is 0.280 e. The van der Waals surface area contributed by atoms with E-state index in [1.165, 1.54) is 12.4 Å². The summed E-state index contributed by atoms with van der Waals surface area (Å²) in [5, 5.41) is 3.89. The van der Waals surface area contributed by atoms with Crippen LogP contribution in [0, 0.1) is 0 Å². The summed E-state index contributed by atoms with van der Waals surface area (Å²) in [6, 6.07) is 0. The van der Waals surface area contributed by atoms with Crippen LogP contribution in [0.25, 0.3) is 11.6 Å². The van der Waals surface area contributed by atoms with Crippen molar-refractivity contribution in [2.75, 3.05) is 12.8 Å². The highest BCUT2D eigenvalue weighted by Gasteiger charge is 2.19. The maximum absolute atomic E-state index is 5.70. The Bertz CT molecular complexity index is 514.